The molecule has 0 aliphatic carbocycles. The fraction of sp³-hybridized carbons (Fsp3) is 0.273. The number of carboxylic acid groups (broad SMARTS) is 1. The molecule has 0 aliphatic rings. The van der Waals surface area contributed by atoms with E-state index in [1.165, 1.54) is 12.3 Å². The molecule has 16 heavy (non-hydrogen) atoms. The molecule has 4 nitrogen and oxygen atoms in total. The van der Waals surface area contributed by atoms with Crippen LogP contribution in [-0.4, -0.2) is 22.7 Å². The van der Waals surface area contributed by atoms with Crippen LogP contribution in [0.1, 0.15) is 23.7 Å². The molecule has 1 aromatic heterocycles. The first-order valence-electron chi connectivity index (χ1n) is 4.66. The lowest BCUT2D eigenvalue weighted by Gasteiger charge is -2.07. The van der Waals surface area contributed by atoms with E-state index in [-0.39, 0.29) is 11.4 Å². The standard InChI is InChI=1S/C11H12BrNO3/c1-7(2)3-4-16-10-9(11(14)15)5-8(12)6-13-10/h5-6H,1,3-4H2,2H3,(H,14,15). The van der Waals surface area contributed by atoms with Gasteiger partial charge in [0.25, 0.3) is 0 Å². The van der Waals surface area contributed by atoms with Crippen molar-refractivity contribution in [1.29, 1.82) is 0 Å². The molecule has 86 valence electrons. The summed E-state index contributed by atoms with van der Waals surface area (Å²) in [5.74, 6) is -0.920. The van der Waals surface area contributed by atoms with Crippen LogP contribution in [0, 0.1) is 0 Å². The molecule has 0 radical (unpaired) electrons. The van der Waals surface area contributed by atoms with E-state index in [1.54, 1.807) is 0 Å². The number of carbonyl (C=O) groups is 1. The van der Waals surface area contributed by atoms with Crippen molar-refractivity contribution in [3.8, 4) is 5.88 Å². The van der Waals surface area contributed by atoms with Gasteiger partial charge in [-0.3, -0.25) is 0 Å². The van der Waals surface area contributed by atoms with Gasteiger partial charge in [0.15, 0.2) is 0 Å². The van der Waals surface area contributed by atoms with Crippen LogP contribution >= 0.6 is 15.9 Å². The van der Waals surface area contributed by atoms with Crippen molar-refractivity contribution >= 4 is 21.9 Å². The zero-order valence-electron chi connectivity index (χ0n) is 8.86. The Bertz CT molecular complexity index is 418. The molecule has 5 heteroatoms. The molecule has 1 N–H and O–H groups in total. The maximum atomic E-state index is 10.9. The predicted octanol–water partition coefficient (Wildman–Crippen LogP) is 2.89. The Morgan fingerprint density at radius 2 is 2.38 bits per heavy atom. The van der Waals surface area contributed by atoms with Crippen LogP contribution in [0.5, 0.6) is 5.88 Å². The molecule has 0 saturated carbocycles. The number of hydrogen-bond donors (Lipinski definition) is 1. The number of aromatic nitrogens is 1. The number of aromatic carboxylic acids is 1. The van der Waals surface area contributed by atoms with Gasteiger partial charge in [-0.15, -0.1) is 6.58 Å². The van der Waals surface area contributed by atoms with Crippen molar-refractivity contribution in [2.24, 2.45) is 0 Å². The van der Waals surface area contributed by atoms with Crippen molar-refractivity contribution in [3.63, 3.8) is 0 Å². The zero-order chi connectivity index (χ0) is 12.1. The third-order valence-electron chi connectivity index (χ3n) is 1.82. The quantitative estimate of drug-likeness (QED) is 0.845. The van der Waals surface area contributed by atoms with Gasteiger partial charge in [0, 0.05) is 17.1 Å². The van der Waals surface area contributed by atoms with Crippen molar-refractivity contribution in [2.75, 3.05) is 6.61 Å². The normalized spacial score (nSPS) is 9.88. The molecule has 0 atom stereocenters. The Morgan fingerprint density at radius 1 is 1.69 bits per heavy atom. The van der Waals surface area contributed by atoms with E-state index < -0.39 is 5.97 Å². The molecular formula is C11H12BrNO3. The van der Waals surface area contributed by atoms with Crippen LogP contribution in [0.15, 0.2) is 28.9 Å². The van der Waals surface area contributed by atoms with Gasteiger partial charge in [0.1, 0.15) is 5.56 Å². The topological polar surface area (TPSA) is 59.4 Å². The van der Waals surface area contributed by atoms with E-state index in [2.05, 4.69) is 27.5 Å². The average Bonchev–Trinajstić information content (AvgIpc) is 2.19. The summed E-state index contributed by atoms with van der Waals surface area (Å²) < 4.78 is 5.90. The maximum absolute atomic E-state index is 10.9. The summed E-state index contributed by atoms with van der Waals surface area (Å²) in [4.78, 5) is 14.8. The summed E-state index contributed by atoms with van der Waals surface area (Å²) in [6.07, 6.45) is 2.18. The summed E-state index contributed by atoms with van der Waals surface area (Å²) in [6, 6.07) is 1.46. The van der Waals surface area contributed by atoms with Gasteiger partial charge < -0.3 is 9.84 Å². The highest BCUT2D eigenvalue weighted by molar-refractivity contribution is 9.10. The molecule has 0 unspecified atom stereocenters. The second-order valence-corrected chi connectivity index (χ2v) is 4.28. The van der Waals surface area contributed by atoms with Crippen molar-refractivity contribution < 1.29 is 14.6 Å². The molecular weight excluding hydrogens is 274 g/mol. The second-order valence-electron chi connectivity index (χ2n) is 3.37. The lowest BCUT2D eigenvalue weighted by atomic mass is 10.2. The first-order chi connectivity index (χ1) is 7.50. The highest BCUT2D eigenvalue weighted by Crippen LogP contribution is 2.20. The first kappa shape index (κ1) is 12.7. The molecule has 1 rings (SSSR count). The number of carboxylic acids is 1. The third-order valence-corrected chi connectivity index (χ3v) is 2.25. The van der Waals surface area contributed by atoms with E-state index in [0.29, 0.717) is 17.5 Å². The Morgan fingerprint density at radius 3 is 2.94 bits per heavy atom. The summed E-state index contributed by atoms with van der Waals surface area (Å²) >= 11 is 3.16. The second kappa shape index (κ2) is 5.65. The molecule has 0 bridgehead atoms. The van der Waals surface area contributed by atoms with E-state index >= 15 is 0 Å². The van der Waals surface area contributed by atoms with Crippen molar-refractivity contribution in [3.05, 3.63) is 34.5 Å². The summed E-state index contributed by atoms with van der Waals surface area (Å²) in [6.45, 7) is 6.00. The molecule has 0 saturated heterocycles. The molecule has 0 aliphatic heterocycles. The minimum atomic E-state index is -1.06. The fourth-order valence-corrected chi connectivity index (χ4v) is 1.35. The minimum Gasteiger partial charge on any atom is -0.477 e. The lowest BCUT2D eigenvalue weighted by Crippen LogP contribution is -2.06. The Balaban J connectivity index is 2.78. The summed E-state index contributed by atoms with van der Waals surface area (Å²) in [5, 5.41) is 8.94. The van der Waals surface area contributed by atoms with Gasteiger partial charge in [-0.1, -0.05) is 5.57 Å². The first-order valence-corrected chi connectivity index (χ1v) is 5.46. The number of ether oxygens (including phenoxy) is 1. The highest BCUT2D eigenvalue weighted by Gasteiger charge is 2.13. The number of hydrogen-bond acceptors (Lipinski definition) is 3. The van der Waals surface area contributed by atoms with Crippen LogP contribution in [0.2, 0.25) is 0 Å². The molecule has 0 amide bonds. The van der Waals surface area contributed by atoms with Gasteiger partial charge in [0.2, 0.25) is 5.88 Å². The Labute approximate surface area is 102 Å². The van der Waals surface area contributed by atoms with Crippen LogP contribution in [0.25, 0.3) is 0 Å². The van der Waals surface area contributed by atoms with Gasteiger partial charge in [-0.25, -0.2) is 9.78 Å². The van der Waals surface area contributed by atoms with Gasteiger partial charge >= 0.3 is 5.97 Å². The Hall–Kier alpha value is -1.36. The largest absolute Gasteiger partial charge is 0.477 e. The minimum absolute atomic E-state index is 0.0519. The van der Waals surface area contributed by atoms with Crippen LogP contribution in [-0.2, 0) is 0 Å². The van der Waals surface area contributed by atoms with Crippen molar-refractivity contribution in [2.45, 2.75) is 13.3 Å². The average molecular weight is 286 g/mol. The third kappa shape index (κ3) is 3.66. The molecule has 0 spiro atoms. The smallest absolute Gasteiger partial charge is 0.341 e. The van der Waals surface area contributed by atoms with E-state index in [4.69, 9.17) is 9.84 Å². The SMILES string of the molecule is C=C(C)CCOc1ncc(Br)cc1C(=O)O. The fourth-order valence-electron chi connectivity index (χ4n) is 1.02. The van der Waals surface area contributed by atoms with Gasteiger partial charge in [-0.05, 0) is 28.9 Å². The van der Waals surface area contributed by atoms with Crippen LogP contribution < -0.4 is 4.74 Å². The summed E-state index contributed by atoms with van der Waals surface area (Å²) in [5.41, 5.74) is 1.03. The maximum Gasteiger partial charge on any atom is 0.341 e. The van der Waals surface area contributed by atoms with E-state index in [1.807, 2.05) is 6.92 Å². The summed E-state index contributed by atoms with van der Waals surface area (Å²) in [7, 11) is 0. The number of nitrogens with zero attached hydrogens (tertiary/aromatic N) is 1. The van der Waals surface area contributed by atoms with Crippen LogP contribution in [0.3, 0.4) is 0 Å². The van der Waals surface area contributed by atoms with Gasteiger partial charge in [-0.2, -0.15) is 0 Å². The number of pyridine rings is 1. The number of rotatable bonds is 5. The van der Waals surface area contributed by atoms with Crippen molar-refractivity contribution in [1.82, 2.24) is 4.98 Å². The lowest BCUT2D eigenvalue weighted by molar-refractivity contribution is 0.0691. The zero-order valence-corrected chi connectivity index (χ0v) is 10.5. The van der Waals surface area contributed by atoms with E-state index in [9.17, 15) is 4.79 Å². The van der Waals surface area contributed by atoms with E-state index in [0.717, 1.165) is 5.57 Å². The molecule has 1 aromatic rings. The van der Waals surface area contributed by atoms with Gasteiger partial charge in [0.05, 0.1) is 6.61 Å². The Kier molecular flexibility index (Phi) is 4.49. The number of halogens is 1. The monoisotopic (exact) mass is 285 g/mol. The molecule has 0 fully saturated rings. The van der Waals surface area contributed by atoms with Crippen LogP contribution in [0.4, 0.5) is 0 Å². The predicted molar refractivity (Wildman–Crippen MR) is 63.8 cm³/mol. The highest BCUT2D eigenvalue weighted by atomic mass is 79.9. The molecule has 1 heterocycles. The molecule has 0 aromatic carbocycles.